The standard InChI is InChI=1S/C17H24F3N3O/c1-16(2,3)13-4-6-14(7-5-13)21-15(24)23-10-8-22(9-11-23)12-17(18,19)20/h4-7H,8-12H2,1-3H3,(H,21,24). The van der Waals surface area contributed by atoms with Crippen LogP contribution < -0.4 is 5.32 Å². The van der Waals surface area contributed by atoms with Gasteiger partial charge in [-0.05, 0) is 23.1 Å². The molecule has 1 N–H and O–H groups in total. The zero-order valence-corrected chi connectivity index (χ0v) is 14.3. The molecule has 24 heavy (non-hydrogen) atoms. The number of piperazine rings is 1. The van der Waals surface area contributed by atoms with Crippen LogP contribution in [0.25, 0.3) is 0 Å². The molecule has 1 fully saturated rings. The summed E-state index contributed by atoms with van der Waals surface area (Å²) in [4.78, 5) is 15.1. The van der Waals surface area contributed by atoms with Gasteiger partial charge in [0.05, 0.1) is 6.54 Å². The fraction of sp³-hybridized carbons (Fsp3) is 0.588. The minimum atomic E-state index is -4.20. The van der Waals surface area contributed by atoms with Gasteiger partial charge in [-0.25, -0.2) is 4.79 Å². The normalized spacial score (nSPS) is 17.0. The summed E-state index contributed by atoms with van der Waals surface area (Å²) in [6.07, 6.45) is -4.20. The van der Waals surface area contributed by atoms with Gasteiger partial charge in [0.25, 0.3) is 0 Å². The molecule has 0 aromatic heterocycles. The first-order chi connectivity index (χ1) is 11.0. The lowest BCUT2D eigenvalue weighted by Crippen LogP contribution is -2.51. The van der Waals surface area contributed by atoms with Crippen molar-refractivity contribution in [2.75, 3.05) is 38.0 Å². The maximum atomic E-state index is 12.4. The lowest BCUT2D eigenvalue weighted by atomic mass is 9.87. The third-order valence-electron chi connectivity index (χ3n) is 4.06. The molecule has 0 radical (unpaired) electrons. The van der Waals surface area contributed by atoms with E-state index in [0.29, 0.717) is 18.8 Å². The number of nitrogens with one attached hydrogen (secondary N) is 1. The number of hydrogen-bond acceptors (Lipinski definition) is 2. The predicted molar refractivity (Wildman–Crippen MR) is 88.2 cm³/mol. The highest BCUT2D eigenvalue weighted by atomic mass is 19.4. The Hall–Kier alpha value is -1.76. The van der Waals surface area contributed by atoms with E-state index >= 15 is 0 Å². The number of urea groups is 1. The molecule has 0 saturated carbocycles. The van der Waals surface area contributed by atoms with Crippen LogP contribution in [0.2, 0.25) is 0 Å². The number of amides is 2. The molecule has 1 saturated heterocycles. The van der Waals surface area contributed by atoms with E-state index in [2.05, 4.69) is 26.1 Å². The zero-order valence-electron chi connectivity index (χ0n) is 14.3. The number of benzene rings is 1. The van der Waals surface area contributed by atoms with Crippen molar-refractivity contribution >= 4 is 11.7 Å². The second kappa shape index (κ2) is 7.01. The van der Waals surface area contributed by atoms with E-state index in [-0.39, 0.29) is 24.5 Å². The second-order valence-corrected chi connectivity index (χ2v) is 7.14. The lowest BCUT2D eigenvalue weighted by Gasteiger charge is -2.34. The monoisotopic (exact) mass is 343 g/mol. The van der Waals surface area contributed by atoms with E-state index in [9.17, 15) is 18.0 Å². The Morgan fingerprint density at radius 3 is 2.04 bits per heavy atom. The zero-order chi connectivity index (χ0) is 18.0. The Morgan fingerprint density at radius 1 is 1.04 bits per heavy atom. The van der Waals surface area contributed by atoms with Crippen molar-refractivity contribution in [1.82, 2.24) is 9.80 Å². The van der Waals surface area contributed by atoms with E-state index < -0.39 is 12.7 Å². The summed E-state index contributed by atoms with van der Waals surface area (Å²) in [5.74, 6) is 0. The minimum Gasteiger partial charge on any atom is -0.322 e. The highest BCUT2D eigenvalue weighted by Crippen LogP contribution is 2.23. The van der Waals surface area contributed by atoms with Crippen LogP contribution in [0.15, 0.2) is 24.3 Å². The minimum absolute atomic E-state index is 0.0390. The molecule has 134 valence electrons. The first-order valence-corrected chi connectivity index (χ1v) is 8.00. The van der Waals surface area contributed by atoms with Crippen LogP contribution >= 0.6 is 0 Å². The van der Waals surface area contributed by atoms with Gasteiger partial charge in [-0.3, -0.25) is 4.90 Å². The summed E-state index contributed by atoms with van der Waals surface area (Å²) >= 11 is 0. The molecule has 1 aromatic rings. The lowest BCUT2D eigenvalue weighted by molar-refractivity contribution is -0.148. The maximum Gasteiger partial charge on any atom is 0.401 e. The molecule has 2 amide bonds. The van der Waals surface area contributed by atoms with Crippen molar-refractivity contribution < 1.29 is 18.0 Å². The van der Waals surface area contributed by atoms with Crippen LogP contribution in [-0.2, 0) is 5.41 Å². The van der Waals surface area contributed by atoms with Crippen LogP contribution in [0.3, 0.4) is 0 Å². The highest BCUT2D eigenvalue weighted by Gasteiger charge is 2.32. The van der Waals surface area contributed by atoms with Crippen LogP contribution in [0.5, 0.6) is 0 Å². The van der Waals surface area contributed by atoms with Gasteiger partial charge in [-0.15, -0.1) is 0 Å². The largest absolute Gasteiger partial charge is 0.401 e. The van der Waals surface area contributed by atoms with Crippen molar-refractivity contribution in [1.29, 1.82) is 0 Å². The molecule has 7 heteroatoms. The summed E-state index contributed by atoms with van der Waals surface area (Å²) in [6.45, 7) is 6.47. The molecule has 0 spiro atoms. The Balaban J connectivity index is 1.85. The molecule has 0 bridgehead atoms. The fourth-order valence-electron chi connectivity index (χ4n) is 2.62. The van der Waals surface area contributed by atoms with Gasteiger partial charge in [0, 0.05) is 31.9 Å². The molecule has 1 aliphatic heterocycles. The number of halogens is 3. The Kier molecular flexibility index (Phi) is 5.42. The Labute approximate surface area is 140 Å². The second-order valence-electron chi connectivity index (χ2n) is 7.14. The average molecular weight is 343 g/mol. The molecule has 1 aliphatic rings. The van der Waals surface area contributed by atoms with Crippen LogP contribution in [0.4, 0.5) is 23.7 Å². The van der Waals surface area contributed by atoms with Gasteiger partial charge in [0.15, 0.2) is 0 Å². The summed E-state index contributed by atoms with van der Waals surface area (Å²) in [5, 5.41) is 2.80. The van der Waals surface area contributed by atoms with Gasteiger partial charge >= 0.3 is 12.2 Å². The molecule has 0 atom stereocenters. The van der Waals surface area contributed by atoms with Gasteiger partial charge < -0.3 is 10.2 Å². The molecule has 2 rings (SSSR count). The van der Waals surface area contributed by atoms with E-state index in [4.69, 9.17) is 0 Å². The number of hydrogen-bond donors (Lipinski definition) is 1. The van der Waals surface area contributed by atoms with Crippen LogP contribution in [0, 0.1) is 0 Å². The molecule has 4 nitrogen and oxygen atoms in total. The number of rotatable bonds is 2. The van der Waals surface area contributed by atoms with Crippen LogP contribution in [0.1, 0.15) is 26.3 Å². The Morgan fingerprint density at radius 2 is 1.58 bits per heavy atom. The van der Waals surface area contributed by atoms with Gasteiger partial charge in [0.2, 0.25) is 0 Å². The molecule has 1 aromatic carbocycles. The SMILES string of the molecule is CC(C)(C)c1ccc(NC(=O)N2CCN(CC(F)(F)F)CC2)cc1. The molecule has 1 heterocycles. The van der Waals surface area contributed by atoms with E-state index in [1.165, 1.54) is 10.5 Å². The summed E-state index contributed by atoms with van der Waals surface area (Å²) in [6, 6.07) is 7.36. The quantitative estimate of drug-likeness (QED) is 0.889. The third-order valence-corrected chi connectivity index (χ3v) is 4.06. The highest BCUT2D eigenvalue weighted by molar-refractivity contribution is 5.89. The fourth-order valence-corrected chi connectivity index (χ4v) is 2.62. The van der Waals surface area contributed by atoms with E-state index in [0.717, 1.165) is 0 Å². The molecule has 0 unspecified atom stereocenters. The topological polar surface area (TPSA) is 35.6 Å². The van der Waals surface area contributed by atoms with E-state index in [1.54, 1.807) is 4.90 Å². The van der Waals surface area contributed by atoms with Crippen molar-refractivity contribution in [3.63, 3.8) is 0 Å². The number of anilines is 1. The molecular weight excluding hydrogens is 319 g/mol. The van der Waals surface area contributed by atoms with Gasteiger partial charge in [-0.1, -0.05) is 32.9 Å². The van der Waals surface area contributed by atoms with Gasteiger partial charge in [0.1, 0.15) is 0 Å². The molecule has 0 aliphatic carbocycles. The summed E-state index contributed by atoms with van der Waals surface area (Å²) in [5.41, 5.74) is 1.89. The molecular formula is C17H24F3N3O. The average Bonchev–Trinajstić information content (AvgIpc) is 2.46. The van der Waals surface area contributed by atoms with Crippen molar-refractivity contribution in [3.05, 3.63) is 29.8 Å². The van der Waals surface area contributed by atoms with E-state index in [1.807, 2.05) is 24.3 Å². The number of carbonyl (C=O) groups is 1. The smallest absolute Gasteiger partial charge is 0.322 e. The van der Waals surface area contributed by atoms with Crippen molar-refractivity contribution in [2.24, 2.45) is 0 Å². The van der Waals surface area contributed by atoms with Crippen molar-refractivity contribution in [3.8, 4) is 0 Å². The van der Waals surface area contributed by atoms with Crippen LogP contribution in [-0.4, -0.2) is 54.7 Å². The number of carbonyl (C=O) groups excluding carboxylic acids is 1. The Bertz CT molecular complexity index is 556. The summed E-state index contributed by atoms with van der Waals surface area (Å²) in [7, 11) is 0. The van der Waals surface area contributed by atoms with Crippen molar-refractivity contribution in [2.45, 2.75) is 32.4 Å². The number of nitrogens with zero attached hydrogens (tertiary/aromatic N) is 2. The first-order valence-electron chi connectivity index (χ1n) is 8.00. The predicted octanol–water partition coefficient (Wildman–Crippen LogP) is 3.70. The first kappa shape index (κ1) is 18.6. The third kappa shape index (κ3) is 5.40. The number of alkyl halides is 3. The summed E-state index contributed by atoms with van der Waals surface area (Å²) < 4.78 is 37.1. The maximum absolute atomic E-state index is 12.4. The van der Waals surface area contributed by atoms with Gasteiger partial charge in [-0.2, -0.15) is 13.2 Å².